The van der Waals surface area contributed by atoms with E-state index in [9.17, 15) is 5.11 Å². The van der Waals surface area contributed by atoms with Crippen LogP contribution < -0.4 is 5.32 Å². The average Bonchev–Trinajstić information content (AvgIpc) is 2.41. The molecule has 0 spiro atoms. The van der Waals surface area contributed by atoms with Gasteiger partial charge < -0.3 is 15.3 Å². The van der Waals surface area contributed by atoms with Gasteiger partial charge in [-0.25, -0.2) is 0 Å². The SMILES string of the molecule is CN(C)CC(O)CNC1CCC(C)(C)C1. The third-order valence-electron chi connectivity index (χ3n) is 3.19. The van der Waals surface area contributed by atoms with Crippen molar-refractivity contribution >= 4 is 0 Å². The molecule has 15 heavy (non-hydrogen) atoms. The van der Waals surface area contributed by atoms with Crippen molar-refractivity contribution in [3.63, 3.8) is 0 Å². The van der Waals surface area contributed by atoms with Crippen LogP contribution in [0.4, 0.5) is 0 Å². The molecule has 0 bridgehead atoms. The minimum Gasteiger partial charge on any atom is -0.390 e. The van der Waals surface area contributed by atoms with Crippen molar-refractivity contribution in [1.29, 1.82) is 0 Å². The minimum atomic E-state index is -0.247. The van der Waals surface area contributed by atoms with Gasteiger partial charge in [0.05, 0.1) is 6.10 Å². The zero-order valence-electron chi connectivity index (χ0n) is 10.6. The van der Waals surface area contributed by atoms with Gasteiger partial charge in [-0.1, -0.05) is 13.8 Å². The molecule has 3 nitrogen and oxygen atoms in total. The van der Waals surface area contributed by atoms with E-state index < -0.39 is 0 Å². The summed E-state index contributed by atoms with van der Waals surface area (Å²) in [6.07, 6.45) is 3.54. The molecule has 0 aliphatic heterocycles. The molecule has 0 aromatic rings. The van der Waals surface area contributed by atoms with Crippen molar-refractivity contribution in [2.45, 2.75) is 45.3 Å². The van der Waals surface area contributed by atoms with Gasteiger partial charge in [-0.3, -0.25) is 0 Å². The predicted octanol–water partition coefficient (Wildman–Crippen LogP) is 1.08. The summed E-state index contributed by atoms with van der Waals surface area (Å²) in [5.74, 6) is 0. The van der Waals surface area contributed by atoms with E-state index in [1.54, 1.807) is 0 Å². The Kier molecular flexibility index (Phi) is 4.56. The first-order chi connectivity index (χ1) is 6.89. The van der Waals surface area contributed by atoms with Gasteiger partial charge in [-0.05, 0) is 38.8 Å². The van der Waals surface area contributed by atoms with Gasteiger partial charge in [0.25, 0.3) is 0 Å². The van der Waals surface area contributed by atoms with Crippen molar-refractivity contribution in [2.24, 2.45) is 5.41 Å². The van der Waals surface area contributed by atoms with Gasteiger partial charge in [0.15, 0.2) is 0 Å². The van der Waals surface area contributed by atoms with Crippen molar-refractivity contribution in [3.05, 3.63) is 0 Å². The van der Waals surface area contributed by atoms with Crippen molar-refractivity contribution < 1.29 is 5.11 Å². The van der Waals surface area contributed by atoms with Crippen molar-refractivity contribution in [1.82, 2.24) is 10.2 Å². The van der Waals surface area contributed by atoms with Gasteiger partial charge in [0, 0.05) is 19.1 Å². The molecule has 0 aromatic heterocycles. The Morgan fingerprint density at radius 3 is 2.60 bits per heavy atom. The third-order valence-corrected chi connectivity index (χ3v) is 3.19. The second kappa shape index (κ2) is 5.28. The highest BCUT2D eigenvalue weighted by atomic mass is 16.3. The van der Waals surface area contributed by atoms with Crippen LogP contribution in [0.15, 0.2) is 0 Å². The Bertz CT molecular complexity index is 192. The van der Waals surface area contributed by atoms with Crippen LogP contribution in [0.2, 0.25) is 0 Å². The summed E-state index contributed by atoms with van der Waals surface area (Å²) in [6.45, 7) is 6.11. The summed E-state index contributed by atoms with van der Waals surface area (Å²) in [4.78, 5) is 2.02. The Hall–Kier alpha value is -0.120. The largest absolute Gasteiger partial charge is 0.390 e. The number of hydrogen-bond donors (Lipinski definition) is 2. The Morgan fingerprint density at radius 2 is 2.13 bits per heavy atom. The number of nitrogens with one attached hydrogen (secondary N) is 1. The Morgan fingerprint density at radius 1 is 1.47 bits per heavy atom. The number of rotatable bonds is 5. The standard InChI is InChI=1S/C12H26N2O/c1-12(2)6-5-10(7-12)13-8-11(15)9-14(3)4/h10-11,13,15H,5-9H2,1-4H3. The molecule has 0 aromatic carbocycles. The van der Waals surface area contributed by atoms with Crippen molar-refractivity contribution in [3.8, 4) is 0 Å². The highest BCUT2D eigenvalue weighted by Crippen LogP contribution is 2.36. The van der Waals surface area contributed by atoms with E-state index in [1.165, 1.54) is 19.3 Å². The van der Waals surface area contributed by atoms with E-state index in [-0.39, 0.29) is 6.10 Å². The Labute approximate surface area is 93.9 Å². The van der Waals surface area contributed by atoms with Gasteiger partial charge >= 0.3 is 0 Å². The molecule has 1 rings (SSSR count). The first-order valence-electron chi connectivity index (χ1n) is 5.95. The summed E-state index contributed by atoms with van der Waals surface area (Å²) in [5.41, 5.74) is 0.490. The van der Waals surface area contributed by atoms with E-state index >= 15 is 0 Å². The summed E-state index contributed by atoms with van der Waals surface area (Å²) in [7, 11) is 3.98. The fourth-order valence-corrected chi connectivity index (χ4v) is 2.40. The van der Waals surface area contributed by atoms with Crippen LogP contribution in [0, 0.1) is 5.41 Å². The van der Waals surface area contributed by atoms with E-state index in [0.717, 1.165) is 13.1 Å². The molecule has 1 saturated carbocycles. The Balaban J connectivity index is 2.15. The quantitative estimate of drug-likeness (QED) is 0.719. The molecule has 0 heterocycles. The second-order valence-electron chi connectivity index (χ2n) is 5.93. The lowest BCUT2D eigenvalue weighted by Gasteiger charge is -2.21. The van der Waals surface area contributed by atoms with Gasteiger partial charge in [-0.15, -0.1) is 0 Å². The maximum atomic E-state index is 9.71. The first kappa shape index (κ1) is 12.9. The monoisotopic (exact) mass is 214 g/mol. The molecule has 1 fully saturated rings. The van der Waals surface area contributed by atoms with Crippen LogP contribution in [-0.4, -0.2) is 49.3 Å². The predicted molar refractivity (Wildman–Crippen MR) is 64.0 cm³/mol. The summed E-state index contributed by atoms with van der Waals surface area (Å²) >= 11 is 0. The highest BCUT2D eigenvalue weighted by Gasteiger charge is 2.30. The fraction of sp³-hybridized carbons (Fsp3) is 1.00. The topological polar surface area (TPSA) is 35.5 Å². The molecule has 2 unspecified atom stereocenters. The molecule has 2 atom stereocenters. The van der Waals surface area contributed by atoms with Crippen LogP contribution in [0.25, 0.3) is 0 Å². The van der Waals surface area contributed by atoms with E-state index in [4.69, 9.17) is 0 Å². The molecule has 0 saturated heterocycles. The fourth-order valence-electron chi connectivity index (χ4n) is 2.40. The molecule has 1 aliphatic carbocycles. The molecular formula is C12H26N2O. The van der Waals surface area contributed by atoms with Crippen LogP contribution in [0.5, 0.6) is 0 Å². The maximum Gasteiger partial charge on any atom is 0.0791 e. The van der Waals surface area contributed by atoms with Crippen LogP contribution in [0.1, 0.15) is 33.1 Å². The number of likely N-dealkylation sites (N-methyl/N-ethyl adjacent to an activating group) is 1. The zero-order chi connectivity index (χ0) is 11.5. The lowest BCUT2D eigenvalue weighted by Crippen LogP contribution is -2.39. The summed E-state index contributed by atoms with van der Waals surface area (Å²) in [6, 6.07) is 0.608. The van der Waals surface area contributed by atoms with Gasteiger partial charge in [0.1, 0.15) is 0 Å². The molecule has 0 radical (unpaired) electrons. The van der Waals surface area contributed by atoms with Crippen LogP contribution in [0.3, 0.4) is 0 Å². The van der Waals surface area contributed by atoms with Gasteiger partial charge in [0.2, 0.25) is 0 Å². The smallest absolute Gasteiger partial charge is 0.0791 e. The van der Waals surface area contributed by atoms with Crippen LogP contribution >= 0.6 is 0 Å². The molecule has 2 N–H and O–H groups in total. The van der Waals surface area contributed by atoms with E-state index in [0.29, 0.717) is 11.5 Å². The molecule has 3 heteroatoms. The second-order valence-corrected chi connectivity index (χ2v) is 5.93. The normalized spacial score (nSPS) is 27.2. The van der Waals surface area contributed by atoms with Crippen molar-refractivity contribution in [2.75, 3.05) is 27.2 Å². The van der Waals surface area contributed by atoms with E-state index in [2.05, 4.69) is 19.2 Å². The van der Waals surface area contributed by atoms with Gasteiger partial charge in [-0.2, -0.15) is 0 Å². The molecular weight excluding hydrogens is 188 g/mol. The number of aliphatic hydroxyl groups excluding tert-OH is 1. The molecule has 1 aliphatic rings. The summed E-state index contributed by atoms with van der Waals surface area (Å²) < 4.78 is 0. The van der Waals surface area contributed by atoms with Crippen LogP contribution in [-0.2, 0) is 0 Å². The number of hydrogen-bond acceptors (Lipinski definition) is 3. The maximum absolute atomic E-state index is 9.71. The summed E-state index contributed by atoms with van der Waals surface area (Å²) in [5, 5.41) is 13.2. The number of aliphatic hydroxyl groups is 1. The average molecular weight is 214 g/mol. The lowest BCUT2D eigenvalue weighted by atomic mass is 9.92. The molecule has 90 valence electrons. The first-order valence-corrected chi connectivity index (χ1v) is 5.95. The highest BCUT2D eigenvalue weighted by molar-refractivity contribution is 4.86. The third kappa shape index (κ3) is 4.96. The van der Waals surface area contributed by atoms with E-state index in [1.807, 2.05) is 19.0 Å². The molecule has 0 amide bonds. The minimum absolute atomic E-state index is 0.247. The lowest BCUT2D eigenvalue weighted by molar-refractivity contribution is 0.131. The zero-order valence-corrected chi connectivity index (χ0v) is 10.6. The number of nitrogens with zero attached hydrogens (tertiary/aromatic N) is 1.